The molecule has 1 fully saturated rings. The van der Waals surface area contributed by atoms with Crippen molar-refractivity contribution >= 4 is 34.4 Å². The van der Waals surface area contributed by atoms with E-state index >= 15 is 0 Å². The number of fused-ring (bicyclic) bond motifs is 1. The number of aliphatic carboxylic acids is 1. The number of nitrogens with one attached hydrogen (secondary N) is 2. The fourth-order valence-corrected chi connectivity index (χ4v) is 3.78. The van der Waals surface area contributed by atoms with Crippen LogP contribution in [-0.4, -0.2) is 42.3 Å². The smallest absolute Gasteiger partial charge is 0.311 e. The summed E-state index contributed by atoms with van der Waals surface area (Å²) in [5, 5.41) is 20.6. The Morgan fingerprint density at radius 1 is 1.39 bits per heavy atom. The van der Waals surface area contributed by atoms with Gasteiger partial charge in [0.2, 0.25) is 0 Å². The summed E-state index contributed by atoms with van der Waals surface area (Å²) in [5.41, 5.74) is -0.0984. The molecule has 2 atom stereocenters. The van der Waals surface area contributed by atoms with Gasteiger partial charge in [-0.2, -0.15) is 5.10 Å². The van der Waals surface area contributed by atoms with Crippen molar-refractivity contribution < 1.29 is 14.3 Å². The zero-order valence-electron chi connectivity index (χ0n) is 15.0. The molecule has 1 aliphatic rings. The molecule has 0 amide bonds. The van der Waals surface area contributed by atoms with Crippen LogP contribution in [0, 0.1) is 11.2 Å². The Bertz CT molecular complexity index is 1060. The number of aromatic nitrogens is 5. The van der Waals surface area contributed by atoms with Gasteiger partial charge in [0.1, 0.15) is 5.69 Å². The van der Waals surface area contributed by atoms with E-state index in [1.54, 1.807) is 13.0 Å². The number of nitrogens with zero attached hydrogens (tertiary/aromatic N) is 4. The monoisotopic (exact) mass is 404 g/mol. The van der Waals surface area contributed by atoms with E-state index in [2.05, 4.69) is 30.5 Å². The molecule has 28 heavy (non-hydrogen) atoms. The lowest BCUT2D eigenvalue weighted by molar-refractivity contribution is -0.150. The lowest BCUT2D eigenvalue weighted by Gasteiger charge is -2.38. The first-order valence-corrected chi connectivity index (χ1v) is 9.29. The highest BCUT2D eigenvalue weighted by molar-refractivity contribution is 6.31. The van der Waals surface area contributed by atoms with Crippen molar-refractivity contribution in [1.82, 2.24) is 25.1 Å². The quantitative estimate of drug-likeness (QED) is 0.607. The molecule has 0 aliphatic heterocycles. The van der Waals surface area contributed by atoms with Crippen molar-refractivity contribution in [3.05, 3.63) is 29.3 Å². The zero-order valence-corrected chi connectivity index (χ0v) is 15.8. The van der Waals surface area contributed by atoms with Crippen molar-refractivity contribution in [3.8, 4) is 11.5 Å². The fourth-order valence-electron chi connectivity index (χ4n) is 3.62. The number of carboxylic acid groups (broad SMARTS) is 1. The van der Waals surface area contributed by atoms with Gasteiger partial charge in [0.15, 0.2) is 23.1 Å². The number of aromatic amines is 1. The molecule has 0 aromatic carbocycles. The Labute approximate surface area is 164 Å². The molecular formula is C18H18ClFN6O2. The number of H-pyrrole nitrogens is 1. The number of carboxylic acids is 1. The minimum atomic E-state index is -0.992. The van der Waals surface area contributed by atoms with Crippen LogP contribution < -0.4 is 5.32 Å². The van der Waals surface area contributed by atoms with Gasteiger partial charge in [0, 0.05) is 12.2 Å². The molecule has 8 nitrogen and oxygen atoms in total. The topological polar surface area (TPSA) is 117 Å². The molecule has 10 heteroatoms. The zero-order chi connectivity index (χ0) is 19.9. The van der Waals surface area contributed by atoms with Crippen molar-refractivity contribution in [3.63, 3.8) is 0 Å². The van der Waals surface area contributed by atoms with E-state index in [0.717, 1.165) is 19.0 Å². The fraction of sp³-hybridized carbons (Fsp3) is 0.389. The summed E-state index contributed by atoms with van der Waals surface area (Å²) in [5.74, 6) is -1.38. The number of hydrogen-bond donors (Lipinski definition) is 3. The van der Waals surface area contributed by atoms with Gasteiger partial charge < -0.3 is 10.4 Å². The Morgan fingerprint density at radius 2 is 2.21 bits per heavy atom. The number of pyridine rings is 1. The van der Waals surface area contributed by atoms with Crippen LogP contribution in [0.1, 0.15) is 32.6 Å². The minimum Gasteiger partial charge on any atom is -0.481 e. The first-order chi connectivity index (χ1) is 13.4. The van der Waals surface area contributed by atoms with Crippen molar-refractivity contribution in [2.75, 3.05) is 5.32 Å². The second-order valence-corrected chi connectivity index (χ2v) is 7.62. The average molecular weight is 405 g/mol. The molecule has 146 valence electrons. The van der Waals surface area contributed by atoms with Gasteiger partial charge in [-0.3, -0.25) is 9.89 Å². The van der Waals surface area contributed by atoms with Crippen molar-refractivity contribution in [1.29, 1.82) is 0 Å². The third-order valence-corrected chi connectivity index (χ3v) is 5.56. The molecule has 0 radical (unpaired) electrons. The van der Waals surface area contributed by atoms with Crippen LogP contribution in [-0.2, 0) is 4.79 Å². The van der Waals surface area contributed by atoms with E-state index in [4.69, 9.17) is 11.6 Å². The summed E-state index contributed by atoms with van der Waals surface area (Å²) >= 11 is 6.01. The number of carbonyl (C=O) groups is 1. The van der Waals surface area contributed by atoms with E-state index in [1.165, 1.54) is 6.20 Å². The standard InChI is InChI=1S/C18H18ClFN6O2/c1-18(17(27)28)5-3-2-4-12(18)23-15-11(20)8-22-16(24-15)13-10-6-9(19)7-21-14(10)26-25-13/h6-8,12H,2-5H2,1H3,(H,27,28)(H,21,25,26)(H,22,23,24). The second kappa shape index (κ2) is 6.97. The molecule has 4 rings (SSSR count). The van der Waals surface area contributed by atoms with Gasteiger partial charge in [-0.15, -0.1) is 0 Å². The summed E-state index contributed by atoms with van der Waals surface area (Å²) in [6, 6.07) is 1.23. The van der Waals surface area contributed by atoms with E-state index in [-0.39, 0.29) is 11.6 Å². The predicted molar refractivity (Wildman–Crippen MR) is 102 cm³/mol. The molecule has 0 saturated heterocycles. The van der Waals surface area contributed by atoms with Crippen LogP contribution in [0.2, 0.25) is 5.02 Å². The molecule has 3 heterocycles. The second-order valence-electron chi connectivity index (χ2n) is 7.18. The van der Waals surface area contributed by atoms with Gasteiger partial charge in [-0.05, 0) is 25.8 Å². The molecule has 1 saturated carbocycles. The third kappa shape index (κ3) is 3.15. The maximum absolute atomic E-state index is 14.4. The van der Waals surface area contributed by atoms with Gasteiger partial charge in [-0.25, -0.2) is 19.3 Å². The van der Waals surface area contributed by atoms with Crippen LogP contribution >= 0.6 is 11.6 Å². The first kappa shape index (κ1) is 18.5. The first-order valence-electron chi connectivity index (χ1n) is 8.91. The summed E-state index contributed by atoms with van der Waals surface area (Å²) in [6.07, 6.45) is 5.36. The van der Waals surface area contributed by atoms with Gasteiger partial charge in [0.25, 0.3) is 0 Å². The molecule has 3 aromatic heterocycles. The summed E-state index contributed by atoms with van der Waals surface area (Å²) < 4.78 is 14.4. The number of rotatable bonds is 4. The molecule has 3 aromatic rings. The van der Waals surface area contributed by atoms with Gasteiger partial charge in [0.05, 0.1) is 22.0 Å². The molecule has 1 aliphatic carbocycles. The Morgan fingerprint density at radius 3 is 3.00 bits per heavy atom. The van der Waals surface area contributed by atoms with Gasteiger partial charge in [-0.1, -0.05) is 24.4 Å². The molecule has 3 N–H and O–H groups in total. The van der Waals surface area contributed by atoms with E-state index in [1.807, 2.05) is 0 Å². The van der Waals surface area contributed by atoms with Crippen LogP contribution in [0.25, 0.3) is 22.6 Å². The van der Waals surface area contributed by atoms with E-state index in [9.17, 15) is 14.3 Å². The van der Waals surface area contributed by atoms with Crippen molar-refractivity contribution in [2.45, 2.75) is 38.6 Å². The van der Waals surface area contributed by atoms with E-state index in [0.29, 0.717) is 34.6 Å². The lowest BCUT2D eigenvalue weighted by atomic mass is 9.71. The highest BCUT2D eigenvalue weighted by atomic mass is 35.5. The highest BCUT2D eigenvalue weighted by Gasteiger charge is 2.43. The molecule has 2 unspecified atom stereocenters. The highest BCUT2D eigenvalue weighted by Crippen LogP contribution is 2.38. The summed E-state index contributed by atoms with van der Waals surface area (Å²) in [6.45, 7) is 1.68. The number of halogens is 2. The van der Waals surface area contributed by atoms with Crippen molar-refractivity contribution in [2.24, 2.45) is 5.41 Å². The maximum atomic E-state index is 14.4. The molecular weight excluding hydrogens is 387 g/mol. The Hall–Kier alpha value is -2.81. The average Bonchev–Trinajstić information content (AvgIpc) is 3.08. The van der Waals surface area contributed by atoms with Crippen LogP contribution in [0.5, 0.6) is 0 Å². The summed E-state index contributed by atoms with van der Waals surface area (Å²) in [4.78, 5) is 24.2. The number of anilines is 1. The summed E-state index contributed by atoms with van der Waals surface area (Å²) in [7, 11) is 0. The van der Waals surface area contributed by atoms with Gasteiger partial charge >= 0.3 is 5.97 Å². The lowest BCUT2D eigenvalue weighted by Crippen LogP contribution is -2.47. The largest absolute Gasteiger partial charge is 0.481 e. The SMILES string of the molecule is CC1(C(=O)O)CCCCC1Nc1nc(-c2[nH]nc3ncc(Cl)cc23)ncc1F. The third-order valence-electron chi connectivity index (χ3n) is 5.35. The normalized spacial score (nSPS) is 22.3. The Kier molecular flexibility index (Phi) is 4.62. The molecule has 0 bridgehead atoms. The van der Waals surface area contributed by atoms with Crippen LogP contribution in [0.15, 0.2) is 18.5 Å². The number of hydrogen-bond acceptors (Lipinski definition) is 6. The van der Waals surface area contributed by atoms with E-state index < -0.39 is 23.2 Å². The van der Waals surface area contributed by atoms with Crippen LogP contribution in [0.4, 0.5) is 10.2 Å². The minimum absolute atomic E-state index is 0.0397. The maximum Gasteiger partial charge on any atom is 0.311 e. The Balaban J connectivity index is 1.71. The molecule has 0 spiro atoms. The van der Waals surface area contributed by atoms with Crippen LogP contribution in [0.3, 0.4) is 0 Å². The predicted octanol–water partition coefficient (Wildman–Crippen LogP) is 3.65.